The average molecular weight is 201 g/mol. The highest BCUT2D eigenvalue weighted by Gasteiger charge is 2.17. The average Bonchev–Trinajstić information content (AvgIpc) is 2.08. The first-order chi connectivity index (χ1) is 6.43. The Morgan fingerprint density at radius 1 is 1.50 bits per heavy atom. The molecule has 1 aromatic rings. The topological polar surface area (TPSA) is 63.3 Å². The zero-order valence-corrected chi connectivity index (χ0v) is 7.42. The van der Waals surface area contributed by atoms with Crippen LogP contribution in [0.3, 0.4) is 0 Å². The molecule has 0 amide bonds. The van der Waals surface area contributed by atoms with Gasteiger partial charge in [0.2, 0.25) is 0 Å². The first kappa shape index (κ1) is 10.6. The maximum absolute atomic E-state index is 12.9. The lowest BCUT2D eigenvalue weighted by Gasteiger charge is -2.07. The Balaban J connectivity index is 3.35. The van der Waals surface area contributed by atoms with Crippen molar-refractivity contribution >= 4 is 5.97 Å². The minimum Gasteiger partial charge on any atom is -0.478 e. The lowest BCUT2D eigenvalue weighted by atomic mass is 10.0. The third-order valence-electron chi connectivity index (χ3n) is 1.81. The molecule has 0 aliphatic rings. The third-order valence-corrected chi connectivity index (χ3v) is 1.81. The highest BCUT2D eigenvalue weighted by molar-refractivity contribution is 5.88. The zero-order valence-electron chi connectivity index (χ0n) is 7.42. The van der Waals surface area contributed by atoms with Crippen molar-refractivity contribution in [3.8, 4) is 0 Å². The van der Waals surface area contributed by atoms with E-state index >= 15 is 0 Å². The number of aromatic carboxylic acids is 1. The van der Waals surface area contributed by atoms with Crippen molar-refractivity contribution in [2.24, 2.45) is 5.73 Å². The highest BCUT2D eigenvalue weighted by Crippen LogP contribution is 2.18. The fraction of sp³-hybridized carbons (Fsp3) is 0.222. The molecule has 0 radical (unpaired) electrons. The van der Waals surface area contributed by atoms with Crippen molar-refractivity contribution in [1.82, 2.24) is 0 Å². The lowest BCUT2D eigenvalue weighted by molar-refractivity contribution is 0.0690. The van der Waals surface area contributed by atoms with Crippen LogP contribution in [0.4, 0.5) is 8.78 Å². The molecule has 0 aromatic heterocycles. The molecule has 0 aliphatic carbocycles. The standard InChI is InChI=1S/C9H9F2NO2/c1-4(12)5-2-6(9(13)14)8(11)7(10)3-5/h2-4H,12H2,1H3,(H,13,14). The van der Waals surface area contributed by atoms with E-state index in [-0.39, 0.29) is 5.56 Å². The number of rotatable bonds is 2. The molecule has 5 heteroatoms. The Hall–Kier alpha value is -1.49. The van der Waals surface area contributed by atoms with Crippen LogP contribution in [0.25, 0.3) is 0 Å². The maximum Gasteiger partial charge on any atom is 0.338 e. The van der Waals surface area contributed by atoms with Crippen LogP contribution >= 0.6 is 0 Å². The molecular weight excluding hydrogens is 192 g/mol. The molecule has 1 rings (SSSR count). The zero-order chi connectivity index (χ0) is 10.9. The molecule has 1 unspecified atom stereocenters. The Morgan fingerprint density at radius 2 is 2.07 bits per heavy atom. The number of carboxylic acid groups (broad SMARTS) is 1. The molecule has 0 fully saturated rings. The summed E-state index contributed by atoms with van der Waals surface area (Å²) in [7, 11) is 0. The second-order valence-corrected chi connectivity index (χ2v) is 2.96. The van der Waals surface area contributed by atoms with Gasteiger partial charge in [0.05, 0.1) is 5.56 Å². The number of hydrogen-bond acceptors (Lipinski definition) is 2. The van der Waals surface area contributed by atoms with Gasteiger partial charge in [-0.05, 0) is 24.6 Å². The van der Waals surface area contributed by atoms with Gasteiger partial charge >= 0.3 is 5.97 Å². The van der Waals surface area contributed by atoms with Crippen molar-refractivity contribution in [1.29, 1.82) is 0 Å². The molecule has 0 saturated carbocycles. The summed E-state index contributed by atoms with van der Waals surface area (Å²) in [5.41, 5.74) is 4.97. The molecule has 3 nitrogen and oxygen atoms in total. The number of hydrogen-bond donors (Lipinski definition) is 2. The largest absolute Gasteiger partial charge is 0.478 e. The summed E-state index contributed by atoms with van der Waals surface area (Å²) in [4.78, 5) is 10.5. The molecule has 0 aliphatic heterocycles. The summed E-state index contributed by atoms with van der Waals surface area (Å²) in [5.74, 6) is -4.07. The second-order valence-electron chi connectivity index (χ2n) is 2.96. The van der Waals surface area contributed by atoms with Crippen molar-refractivity contribution in [3.05, 3.63) is 34.9 Å². The highest BCUT2D eigenvalue weighted by atomic mass is 19.2. The Kier molecular flexibility index (Phi) is 2.81. The van der Waals surface area contributed by atoms with Gasteiger partial charge in [-0.1, -0.05) is 0 Å². The van der Waals surface area contributed by atoms with Gasteiger partial charge in [0.15, 0.2) is 11.6 Å². The van der Waals surface area contributed by atoms with Crippen molar-refractivity contribution in [2.75, 3.05) is 0 Å². The molecular formula is C9H9F2NO2. The van der Waals surface area contributed by atoms with E-state index in [1.807, 2.05) is 0 Å². The van der Waals surface area contributed by atoms with Crippen LogP contribution in [0.2, 0.25) is 0 Å². The fourth-order valence-corrected chi connectivity index (χ4v) is 1.03. The first-order valence-electron chi connectivity index (χ1n) is 3.91. The van der Waals surface area contributed by atoms with Crippen molar-refractivity contribution in [3.63, 3.8) is 0 Å². The molecule has 1 aromatic carbocycles. The lowest BCUT2D eigenvalue weighted by Crippen LogP contribution is -2.10. The van der Waals surface area contributed by atoms with Crippen molar-refractivity contribution in [2.45, 2.75) is 13.0 Å². The van der Waals surface area contributed by atoms with Crippen LogP contribution in [-0.4, -0.2) is 11.1 Å². The molecule has 14 heavy (non-hydrogen) atoms. The predicted octanol–water partition coefficient (Wildman–Crippen LogP) is 1.68. The number of nitrogens with two attached hydrogens (primary N) is 1. The van der Waals surface area contributed by atoms with Gasteiger partial charge < -0.3 is 10.8 Å². The van der Waals surface area contributed by atoms with E-state index in [9.17, 15) is 13.6 Å². The molecule has 0 bridgehead atoms. The smallest absolute Gasteiger partial charge is 0.338 e. The second kappa shape index (κ2) is 3.71. The Bertz CT molecular complexity index is 377. The van der Waals surface area contributed by atoms with Gasteiger partial charge in [-0.2, -0.15) is 0 Å². The summed E-state index contributed by atoms with van der Waals surface area (Å²) in [6.45, 7) is 1.55. The van der Waals surface area contributed by atoms with Crippen LogP contribution in [0.15, 0.2) is 12.1 Å². The van der Waals surface area contributed by atoms with Gasteiger partial charge in [0.1, 0.15) is 0 Å². The molecule has 0 spiro atoms. The van der Waals surface area contributed by atoms with E-state index in [2.05, 4.69) is 0 Å². The van der Waals surface area contributed by atoms with Crippen molar-refractivity contribution < 1.29 is 18.7 Å². The number of halogens is 2. The molecule has 0 heterocycles. The normalized spacial score (nSPS) is 12.6. The molecule has 0 saturated heterocycles. The summed E-state index contributed by atoms with van der Waals surface area (Å²) in [5, 5.41) is 8.55. The predicted molar refractivity (Wildman–Crippen MR) is 45.9 cm³/mol. The van der Waals surface area contributed by atoms with E-state index in [1.165, 1.54) is 0 Å². The Morgan fingerprint density at radius 3 is 2.50 bits per heavy atom. The number of benzene rings is 1. The van der Waals surface area contributed by atoms with Gasteiger partial charge in [-0.25, -0.2) is 13.6 Å². The van der Waals surface area contributed by atoms with Gasteiger partial charge in [0, 0.05) is 6.04 Å². The SMILES string of the molecule is CC(N)c1cc(F)c(F)c(C(=O)O)c1. The maximum atomic E-state index is 12.9. The monoisotopic (exact) mass is 201 g/mol. The number of carbonyl (C=O) groups is 1. The molecule has 3 N–H and O–H groups in total. The van der Waals surface area contributed by atoms with Crippen LogP contribution in [0, 0.1) is 11.6 Å². The fourth-order valence-electron chi connectivity index (χ4n) is 1.03. The van der Waals surface area contributed by atoms with Gasteiger partial charge in [0.25, 0.3) is 0 Å². The quantitative estimate of drug-likeness (QED) is 0.765. The molecule has 1 atom stereocenters. The van der Waals surface area contributed by atoms with E-state index in [1.54, 1.807) is 6.92 Å². The van der Waals surface area contributed by atoms with E-state index in [4.69, 9.17) is 10.8 Å². The van der Waals surface area contributed by atoms with Gasteiger partial charge in [-0.3, -0.25) is 0 Å². The third kappa shape index (κ3) is 1.88. The van der Waals surface area contributed by atoms with Crippen LogP contribution in [-0.2, 0) is 0 Å². The summed E-state index contributed by atoms with van der Waals surface area (Å²) >= 11 is 0. The minimum atomic E-state index is -1.51. The van der Waals surface area contributed by atoms with Crippen LogP contribution < -0.4 is 5.73 Å². The first-order valence-corrected chi connectivity index (χ1v) is 3.91. The molecule has 76 valence electrons. The van der Waals surface area contributed by atoms with Gasteiger partial charge in [-0.15, -0.1) is 0 Å². The number of carboxylic acids is 1. The van der Waals surface area contributed by atoms with E-state index in [0.717, 1.165) is 12.1 Å². The van der Waals surface area contributed by atoms with Crippen LogP contribution in [0.1, 0.15) is 28.9 Å². The summed E-state index contributed by atoms with van der Waals surface area (Å²) in [6, 6.07) is 1.39. The Labute approximate surface area is 79.2 Å². The van der Waals surface area contributed by atoms with E-state index in [0.29, 0.717) is 0 Å². The summed E-state index contributed by atoms with van der Waals surface area (Å²) < 4.78 is 25.8. The van der Waals surface area contributed by atoms with Crippen LogP contribution in [0.5, 0.6) is 0 Å². The summed E-state index contributed by atoms with van der Waals surface area (Å²) in [6.07, 6.45) is 0. The minimum absolute atomic E-state index is 0.251. The van der Waals surface area contributed by atoms with E-state index < -0.39 is 29.2 Å².